The van der Waals surface area contributed by atoms with Crippen molar-refractivity contribution in [2.45, 2.75) is 13.0 Å². The molecule has 0 fully saturated rings. The standard InChI is InChI=1S/C13H12N4O3/c18-12(8-2-1-4-14-6-8)17-5-3-10-9(7-17)11(13(19)20)16-15-10/h1-2,4,6H,3,5,7H2,(H,15,16)(H,19,20). The Kier molecular flexibility index (Phi) is 2.94. The SMILES string of the molecule is O=C(O)c1n[nH]c2c1CN(C(=O)c1cccnc1)CC2. The average molecular weight is 272 g/mol. The third kappa shape index (κ3) is 2.03. The number of pyridine rings is 1. The summed E-state index contributed by atoms with van der Waals surface area (Å²) in [6.07, 6.45) is 3.68. The Labute approximate surface area is 114 Å². The zero-order chi connectivity index (χ0) is 14.1. The number of carbonyl (C=O) groups is 2. The molecule has 0 spiro atoms. The fourth-order valence-electron chi connectivity index (χ4n) is 2.32. The van der Waals surface area contributed by atoms with Gasteiger partial charge in [0.1, 0.15) is 0 Å². The van der Waals surface area contributed by atoms with Gasteiger partial charge in [-0.2, -0.15) is 5.10 Å². The van der Waals surface area contributed by atoms with Gasteiger partial charge in [-0.15, -0.1) is 0 Å². The van der Waals surface area contributed by atoms with Crippen LogP contribution in [0, 0.1) is 0 Å². The molecule has 0 aliphatic carbocycles. The highest BCUT2D eigenvalue weighted by Crippen LogP contribution is 2.21. The van der Waals surface area contributed by atoms with E-state index in [0.29, 0.717) is 24.1 Å². The molecule has 1 aliphatic rings. The molecule has 102 valence electrons. The van der Waals surface area contributed by atoms with Crippen LogP contribution < -0.4 is 0 Å². The third-order valence-corrected chi connectivity index (χ3v) is 3.33. The van der Waals surface area contributed by atoms with Gasteiger partial charge in [0.2, 0.25) is 0 Å². The Bertz CT molecular complexity index is 666. The monoisotopic (exact) mass is 272 g/mol. The maximum Gasteiger partial charge on any atom is 0.356 e. The van der Waals surface area contributed by atoms with Gasteiger partial charge in [-0.1, -0.05) is 0 Å². The van der Waals surface area contributed by atoms with E-state index in [9.17, 15) is 9.59 Å². The molecule has 0 aromatic carbocycles. The molecule has 0 unspecified atom stereocenters. The summed E-state index contributed by atoms with van der Waals surface area (Å²) in [5.74, 6) is -1.24. The van der Waals surface area contributed by atoms with Crippen molar-refractivity contribution in [3.8, 4) is 0 Å². The van der Waals surface area contributed by atoms with Crippen molar-refractivity contribution >= 4 is 11.9 Å². The highest BCUT2D eigenvalue weighted by atomic mass is 16.4. The first-order valence-corrected chi connectivity index (χ1v) is 6.15. The predicted molar refractivity (Wildman–Crippen MR) is 68.2 cm³/mol. The Morgan fingerprint density at radius 2 is 2.25 bits per heavy atom. The Morgan fingerprint density at radius 3 is 2.95 bits per heavy atom. The fraction of sp³-hybridized carbons (Fsp3) is 0.231. The molecule has 1 aliphatic heterocycles. The zero-order valence-corrected chi connectivity index (χ0v) is 10.5. The van der Waals surface area contributed by atoms with Gasteiger partial charge in [-0.3, -0.25) is 14.9 Å². The number of amides is 1. The van der Waals surface area contributed by atoms with Crippen molar-refractivity contribution < 1.29 is 14.7 Å². The number of carboxylic acid groups (broad SMARTS) is 1. The van der Waals surface area contributed by atoms with E-state index in [-0.39, 0.29) is 18.1 Å². The summed E-state index contributed by atoms with van der Waals surface area (Å²) in [7, 11) is 0. The highest BCUT2D eigenvalue weighted by molar-refractivity contribution is 5.94. The van der Waals surface area contributed by atoms with Crippen LogP contribution in [0.15, 0.2) is 24.5 Å². The molecule has 20 heavy (non-hydrogen) atoms. The third-order valence-electron chi connectivity index (χ3n) is 3.33. The number of rotatable bonds is 2. The van der Waals surface area contributed by atoms with E-state index in [0.717, 1.165) is 5.69 Å². The number of carboxylic acids is 1. The maximum absolute atomic E-state index is 12.3. The van der Waals surface area contributed by atoms with E-state index >= 15 is 0 Å². The second-order valence-electron chi connectivity index (χ2n) is 4.55. The van der Waals surface area contributed by atoms with Crippen LogP contribution in [0.4, 0.5) is 0 Å². The molecule has 7 nitrogen and oxygen atoms in total. The molecule has 3 heterocycles. The van der Waals surface area contributed by atoms with E-state index in [4.69, 9.17) is 5.11 Å². The second-order valence-corrected chi connectivity index (χ2v) is 4.55. The number of fused-ring (bicyclic) bond motifs is 1. The molecule has 0 radical (unpaired) electrons. The van der Waals surface area contributed by atoms with Gasteiger partial charge in [0.15, 0.2) is 5.69 Å². The van der Waals surface area contributed by atoms with Gasteiger partial charge < -0.3 is 10.0 Å². The molecule has 7 heteroatoms. The van der Waals surface area contributed by atoms with Crippen molar-refractivity contribution in [1.82, 2.24) is 20.1 Å². The summed E-state index contributed by atoms with van der Waals surface area (Å²) in [4.78, 5) is 28.9. The van der Waals surface area contributed by atoms with Gasteiger partial charge in [-0.05, 0) is 12.1 Å². The lowest BCUT2D eigenvalue weighted by molar-refractivity contribution is 0.0674. The first kappa shape index (κ1) is 12.3. The first-order chi connectivity index (χ1) is 9.66. The van der Waals surface area contributed by atoms with Crippen LogP contribution in [-0.4, -0.2) is 43.6 Å². The number of carbonyl (C=O) groups excluding carboxylic acids is 1. The number of hydrogen-bond acceptors (Lipinski definition) is 4. The van der Waals surface area contributed by atoms with Crippen LogP contribution in [-0.2, 0) is 13.0 Å². The molecule has 2 aromatic rings. The summed E-state index contributed by atoms with van der Waals surface area (Å²) in [5, 5.41) is 15.6. The minimum Gasteiger partial charge on any atom is -0.476 e. The van der Waals surface area contributed by atoms with Crippen LogP contribution >= 0.6 is 0 Å². The van der Waals surface area contributed by atoms with Crippen molar-refractivity contribution in [2.24, 2.45) is 0 Å². The van der Waals surface area contributed by atoms with Crippen molar-refractivity contribution in [1.29, 1.82) is 0 Å². The lowest BCUT2D eigenvalue weighted by Crippen LogP contribution is -2.36. The molecule has 3 rings (SSSR count). The van der Waals surface area contributed by atoms with Gasteiger partial charge >= 0.3 is 5.97 Å². The van der Waals surface area contributed by atoms with Crippen molar-refractivity contribution in [2.75, 3.05) is 6.54 Å². The summed E-state index contributed by atoms with van der Waals surface area (Å²) in [6.45, 7) is 0.781. The number of H-pyrrole nitrogens is 1. The normalized spacial score (nSPS) is 13.9. The number of hydrogen-bond donors (Lipinski definition) is 2. The largest absolute Gasteiger partial charge is 0.476 e. The minimum absolute atomic E-state index is 0.0105. The smallest absolute Gasteiger partial charge is 0.356 e. The minimum atomic E-state index is -1.09. The van der Waals surface area contributed by atoms with Crippen LogP contribution in [0.2, 0.25) is 0 Å². The topological polar surface area (TPSA) is 99.2 Å². The second kappa shape index (κ2) is 4.76. The Hall–Kier alpha value is -2.70. The summed E-state index contributed by atoms with van der Waals surface area (Å²) in [5.41, 5.74) is 1.86. The quantitative estimate of drug-likeness (QED) is 0.838. The maximum atomic E-state index is 12.3. The molecule has 0 bridgehead atoms. The molecule has 2 aromatic heterocycles. The van der Waals surface area contributed by atoms with Gasteiger partial charge in [0.05, 0.1) is 12.1 Å². The Balaban J connectivity index is 1.87. The highest BCUT2D eigenvalue weighted by Gasteiger charge is 2.28. The number of nitrogens with zero attached hydrogens (tertiary/aromatic N) is 3. The molecule has 1 amide bonds. The zero-order valence-electron chi connectivity index (χ0n) is 10.5. The summed E-state index contributed by atoms with van der Waals surface area (Å²) >= 11 is 0. The van der Waals surface area contributed by atoms with Gasteiger partial charge in [0.25, 0.3) is 5.91 Å². The van der Waals surface area contributed by atoms with Crippen LogP contribution in [0.3, 0.4) is 0 Å². The Morgan fingerprint density at radius 1 is 1.40 bits per heavy atom. The van der Waals surface area contributed by atoms with E-state index in [1.165, 1.54) is 6.20 Å². The van der Waals surface area contributed by atoms with Crippen LogP contribution in [0.1, 0.15) is 32.1 Å². The molecule has 0 atom stereocenters. The van der Waals surface area contributed by atoms with E-state index < -0.39 is 5.97 Å². The molecule has 0 saturated carbocycles. The summed E-state index contributed by atoms with van der Waals surface area (Å²) in [6, 6.07) is 3.39. The molecule has 2 N–H and O–H groups in total. The van der Waals surface area contributed by atoms with Gasteiger partial charge in [-0.25, -0.2) is 4.79 Å². The van der Waals surface area contributed by atoms with E-state index in [2.05, 4.69) is 15.2 Å². The fourth-order valence-corrected chi connectivity index (χ4v) is 2.32. The first-order valence-electron chi connectivity index (χ1n) is 6.15. The van der Waals surface area contributed by atoms with Crippen LogP contribution in [0.25, 0.3) is 0 Å². The molecule has 0 saturated heterocycles. The lowest BCUT2D eigenvalue weighted by atomic mass is 10.0. The molecular formula is C13H12N4O3. The van der Waals surface area contributed by atoms with Crippen LogP contribution in [0.5, 0.6) is 0 Å². The lowest BCUT2D eigenvalue weighted by Gasteiger charge is -2.26. The number of aromatic nitrogens is 3. The summed E-state index contributed by atoms with van der Waals surface area (Å²) < 4.78 is 0. The predicted octanol–water partition coefficient (Wildman–Crippen LogP) is 0.701. The number of aromatic carboxylic acids is 1. The number of nitrogens with one attached hydrogen (secondary N) is 1. The van der Waals surface area contributed by atoms with Crippen molar-refractivity contribution in [3.63, 3.8) is 0 Å². The van der Waals surface area contributed by atoms with E-state index in [1.807, 2.05) is 0 Å². The van der Waals surface area contributed by atoms with Crippen molar-refractivity contribution in [3.05, 3.63) is 47.0 Å². The molecular weight excluding hydrogens is 260 g/mol. The number of aromatic amines is 1. The average Bonchev–Trinajstić information content (AvgIpc) is 2.90. The van der Waals surface area contributed by atoms with E-state index in [1.54, 1.807) is 23.2 Å². The van der Waals surface area contributed by atoms with Gasteiger partial charge in [0, 0.05) is 36.6 Å².